The number of amides is 1. The van der Waals surface area contributed by atoms with Crippen molar-refractivity contribution >= 4 is 21.9 Å². The Hall–Kier alpha value is -2.72. The molecular formula is C17H20N4O5S. The molecule has 144 valence electrons. The topological polar surface area (TPSA) is 113 Å². The van der Waals surface area contributed by atoms with Gasteiger partial charge in [-0.05, 0) is 37.3 Å². The van der Waals surface area contributed by atoms with E-state index in [0.717, 1.165) is 5.69 Å². The van der Waals surface area contributed by atoms with E-state index in [4.69, 9.17) is 5.11 Å². The van der Waals surface area contributed by atoms with Gasteiger partial charge >= 0.3 is 5.97 Å². The van der Waals surface area contributed by atoms with Crippen LogP contribution in [0.5, 0.6) is 0 Å². The molecule has 0 atom stereocenters. The van der Waals surface area contributed by atoms with Gasteiger partial charge in [-0.1, -0.05) is 0 Å². The van der Waals surface area contributed by atoms with E-state index in [0.29, 0.717) is 5.69 Å². The molecule has 0 aliphatic carbocycles. The number of sulfonamides is 1. The van der Waals surface area contributed by atoms with Gasteiger partial charge in [0, 0.05) is 38.9 Å². The highest BCUT2D eigenvalue weighted by molar-refractivity contribution is 7.89. The summed E-state index contributed by atoms with van der Waals surface area (Å²) in [6.45, 7) is 2.72. The molecule has 0 radical (unpaired) electrons. The molecule has 1 amide bonds. The molecule has 10 heteroatoms. The van der Waals surface area contributed by atoms with Gasteiger partial charge in [0.1, 0.15) is 0 Å². The number of carboxylic acid groups (broad SMARTS) is 1. The lowest BCUT2D eigenvalue weighted by molar-refractivity contribution is 0.0686. The monoisotopic (exact) mass is 392 g/mol. The fraction of sp³-hybridized carbons (Fsp3) is 0.353. The first-order valence-corrected chi connectivity index (χ1v) is 9.77. The molecule has 0 spiro atoms. The molecule has 9 nitrogen and oxygen atoms in total. The number of rotatable bonds is 4. The Morgan fingerprint density at radius 2 is 1.67 bits per heavy atom. The number of benzene rings is 1. The van der Waals surface area contributed by atoms with E-state index < -0.39 is 16.0 Å². The van der Waals surface area contributed by atoms with Gasteiger partial charge in [-0.15, -0.1) is 0 Å². The lowest BCUT2D eigenvalue weighted by Gasteiger charge is -2.33. The first-order valence-electron chi connectivity index (χ1n) is 8.33. The number of carbonyl (C=O) groups is 2. The van der Waals surface area contributed by atoms with Gasteiger partial charge in [-0.25, -0.2) is 13.2 Å². The summed E-state index contributed by atoms with van der Waals surface area (Å²) >= 11 is 0. The third kappa shape index (κ3) is 3.71. The molecule has 1 aromatic carbocycles. The third-order valence-electron chi connectivity index (χ3n) is 4.60. The molecule has 0 saturated carbocycles. The Balaban J connectivity index is 1.69. The Morgan fingerprint density at radius 1 is 1.07 bits per heavy atom. The maximum absolute atomic E-state index is 12.7. The maximum Gasteiger partial charge on any atom is 0.335 e. The second kappa shape index (κ2) is 7.12. The average Bonchev–Trinajstić information content (AvgIpc) is 3.00. The summed E-state index contributed by atoms with van der Waals surface area (Å²) in [5.41, 5.74) is 1.23. The smallest absolute Gasteiger partial charge is 0.335 e. The molecule has 1 fully saturated rings. The molecule has 0 unspecified atom stereocenters. The zero-order chi connectivity index (χ0) is 19.8. The summed E-state index contributed by atoms with van der Waals surface area (Å²) in [7, 11) is -1.98. The molecule has 3 rings (SSSR count). The van der Waals surface area contributed by atoms with E-state index in [1.54, 1.807) is 22.7 Å². The van der Waals surface area contributed by atoms with Crippen LogP contribution in [-0.4, -0.2) is 70.6 Å². The predicted molar refractivity (Wildman–Crippen MR) is 96.0 cm³/mol. The first-order chi connectivity index (χ1) is 12.7. The largest absolute Gasteiger partial charge is 0.478 e. The van der Waals surface area contributed by atoms with Gasteiger partial charge in [0.2, 0.25) is 10.0 Å². The van der Waals surface area contributed by atoms with Crippen LogP contribution in [0, 0.1) is 6.92 Å². The third-order valence-corrected chi connectivity index (χ3v) is 6.51. The van der Waals surface area contributed by atoms with Crippen LogP contribution in [0.25, 0.3) is 0 Å². The molecule has 1 aliphatic rings. The van der Waals surface area contributed by atoms with Crippen molar-refractivity contribution in [3.8, 4) is 0 Å². The molecule has 1 aliphatic heterocycles. The van der Waals surface area contributed by atoms with Crippen LogP contribution in [-0.2, 0) is 17.1 Å². The predicted octanol–water partition coefficient (Wildman–Crippen LogP) is 0.573. The summed E-state index contributed by atoms with van der Waals surface area (Å²) < 4.78 is 28.4. The summed E-state index contributed by atoms with van der Waals surface area (Å²) in [6, 6.07) is 6.80. The number of piperazine rings is 1. The number of aromatic carboxylic acids is 1. The van der Waals surface area contributed by atoms with Crippen molar-refractivity contribution in [1.29, 1.82) is 0 Å². The van der Waals surface area contributed by atoms with Gasteiger partial charge < -0.3 is 10.0 Å². The van der Waals surface area contributed by atoms with Crippen LogP contribution in [0.15, 0.2) is 35.2 Å². The van der Waals surface area contributed by atoms with Crippen LogP contribution < -0.4 is 0 Å². The second-order valence-corrected chi connectivity index (χ2v) is 8.26. The fourth-order valence-corrected chi connectivity index (χ4v) is 4.30. The van der Waals surface area contributed by atoms with Gasteiger partial charge in [-0.3, -0.25) is 9.48 Å². The van der Waals surface area contributed by atoms with Crippen molar-refractivity contribution < 1.29 is 23.1 Å². The normalized spacial score (nSPS) is 15.7. The molecule has 1 N–H and O–H groups in total. The minimum atomic E-state index is -3.74. The Kier molecular flexibility index (Phi) is 5.03. The molecule has 2 aromatic rings. The summed E-state index contributed by atoms with van der Waals surface area (Å²) in [5, 5.41) is 13.1. The number of aryl methyl sites for hydroxylation is 2. The van der Waals surface area contributed by atoms with Gasteiger partial charge in [0.15, 0.2) is 5.69 Å². The molecule has 1 aromatic heterocycles. The Bertz CT molecular complexity index is 954. The zero-order valence-corrected chi connectivity index (χ0v) is 15.8. The quantitative estimate of drug-likeness (QED) is 0.814. The fourth-order valence-electron chi connectivity index (χ4n) is 2.88. The zero-order valence-electron chi connectivity index (χ0n) is 15.0. The number of hydrogen-bond donors (Lipinski definition) is 1. The van der Waals surface area contributed by atoms with Gasteiger partial charge in [0.05, 0.1) is 10.5 Å². The minimum absolute atomic E-state index is 0.0232. The highest BCUT2D eigenvalue weighted by atomic mass is 32.2. The van der Waals surface area contributed by atoms with E-state index in [1.807, 2.05) is 6.92 Å². The highest BCUT2D eigenvalue weighted by Crippen LogP contribution is 2.19. The minimum Gasteiger partial charge on any atom is -0.478 e. The van der Waals surface area contributed by atoms with E-state index >= 15 is 0 Å². The molecule has 1 saturated heterocycles. The van der Waals surface area contributed by atoms with Crippen LogP contribution in [0.3, 0.4) is 0 Å². The van der Waals surface area contributed by atoms with E-state index in [2.05, 4.69) is 5.10 Å². The maximum atomic E-state index is 12.7. The van der Waals surface area contributed by atoms with Crippen molar-refractivity contribution in [3.05, 3.63) is 47.3 Å². The van der Waals surface area contributed by atoms with Crippen molar-refractivity contribution in [2.75, 3.05) is 26.2 Å². The van der Waals surface area contributed by atoms with Crippen LogP contribution >= 0.6 is 0 Å². The Morgan fingerprint density at radius 3 is 2.15 bits per heavy atom. The van der Waals surface area contributed by atoms with Crippen LogP contribution in [0.2, 0.25) is 0 Å². The van der Waals surface area contributed by atoms with Gasteiger partial charge in [-0.2, -0.15) is 9.40 Å². The number of carboxylic acids is 1. The number of aromatic nitrogens is 2. The summed E-state index contributed by atoms with van der Waals surface area (Å²) in [5.74, 6) is -1.34. The second-order valence-electron chi connectivity index (χ2n) is 6.32. The first kappa shape index (κ1) is 19.1. The van der Waals surface area contributed by atoms with Crippen molar-refractivity contribution in [2.24, 2.45) is 7.05 Å². The lowest BCUT2D eigenvalue weighted by Crippen LogP contribution is -2.50. The number of nitrogens with zero attached hydrogens (tertiary/aromatic N) is 4. The van der Waals surface area contributed by atoms with Gasteiger partial charge in [0.25, 0.3) is 5.91 Å². The van der Waals surface area contributed by atoms with E-state index in [-0.39, 0.29) is 42.5 Å². The summed E-state index contributed by atoms with van der Waals surface area (Å²) in [6.07, 6.45) is 0. The SMILES string of the molecule is Cc1cc(C(=O)N2CCN(S(=O)(=O)c3ccc(C(=O)O)cc3)CC2)nn1C. The van der Waals surface area contributed by atoms with Crippen molar-refractivity contribution in [1.82, 2.24) is 19.0 Å². The highest BCUT2D eigenvalue weighted by Gasteiger charge is 2.31. The van der Waals surface area contributed by atoms with Crippen LogP contribution in [0.4, 0.5) is 0 Å². The van der Waals surface area contributed by atoms with Crippen molar-refractivity contribution in [2.45, 2.75) is 11.8 Å². The number of hydrogen-bond acceptors (Lipinski definition) is 5. The summed E-state index contributed by atoms with van der Waals surface area (Å²) in [4.78, 5) is 25.0. The lowest BCUT2D eigenvalue weighted by atomic mass is 10.2. The van der Waals surface area contributed by atoms with E-state index in [9.17, 15) is 18.0 Å². The molecule has 27 heavy (non-hydrogen) atoms. The molecule has 0 bridgehead atoms. The average molecular weight is 392 g/mol. The molecular weight excluding hydrogens is 372 g/mol. The van der Waals surface area contributed by atoms with Crippen LogP contribution in [0.1, 0.15) is 26.5 Å². The Labute approximate surface area is 156 Å². The standard InChI is InChI=1S/C17H20N4O5S/c1-12-11-15(18-19(12)2)16(22)20-7-9-21(10-8-20)27(25,26)14-5-3-13(4-6-14)17(23)24/h3-6,11H,7-10H2,1-2H3,(H,23,24). The molecule has 2 heterocycles. The van der Waals surface area contributed by atoms with Crippen molar-refractivity contribution in [3.63, 3.8) is 0 Å². The number of carbonyl (C=O) groups excluding carboxylic acids is 1. The van der Waals surface area contributed by atoms with E-state index in [1.165, 1.54) is 28.6 Å².